The Bertz CT molecular complexity index is 354. The maximum Gasteiger partial charge on any atom is 0.222 e. The van der Waals surface area contributed by atoms with Gasteiger partial charge in [0, 0.05) is 28.2 Å². The Morgan fingerprint density at radius 1 is 1.47 bits per heavy atom. The van der Waals surface area contributed by atoms with E-state index in [1.54, 1.807) is 16.2 Å². The van der Waals surface area contributed by atoms with Gasteiger partial charge in [-0.2, -0.15) is 0 Å². The molecule has 1 amide bonds. The molecule has 17 heavy (non-hydrogen) atoms. The maximum absolute atomic E-state index is 11.8. The third kappa shape index (κ3) is 5.66. The summed E-state index contributed by atoms with van der Waals surface area (Å²) in [6.45, 7) is 1.42. The number of hydrogen-bond acceptors (Lipinski definition) is 3. The summed E-state index contributed by atoms with van der Waals surface area (Å²) >= 11 is 5.08. The molecule has 0 saturated carbocycles. The smallest absolute Gasteiger partial charge is 0.222 e. The van der Waals surface area contributed by atoms with Gasteiger partial charge in [0.1, 0.15) is 0 Å². The minimum atomic E-state index is 0.214. The predicted molar refractivity (Wildman–Crippen MR) is 76.0 cm³/mol. The van der Waals surface area contributed by atoms with Crippen molar-refractivity contribution in [2.75, 3.05) is 13.6 Å². The zero-order chi connectivity index (χ0) is 12.7. The molecule has 96 valence electrons. The standard InChI is InChI=1S/C12H19BrN2OS/c1-15(8-11-7-10(13)9-17-11)12(16)5-3-2-4-6-14/h7,9H,2-6,8,14H2,1H3. The van der Waals surface area contributed by atoms with Crippen LogP contribution in [0.25, 0.3) is 0 Å². The lowest BCUT2D eigenvalue weighted by Crippen LogP contribution is -2.25. The van der Waals surface area contributed by atoms with Crippen LogP contribution in [0.1, 0.15) is 30.6 Å². The zero-order valence-corrected chi connectivity index (χ0v) is 12.5. The van der Waals surface area contributed by atoms with Crippen LogP contribution >= 0.6 is 27.3 Å². The van der Waals surface area contributed by atoms with Gasteiger partial charge in [-0.3, -0.25) is 4.79 Å². The number of rotatable bonds is 7. The normalized spacial score (nSPS) is 10.5. The number of carbonyl (C=O) groups is 1. The number of nitrogens with two attached hydrogens (primary N) is 1. The Morgan fingerprint density at radius 3 is 2.82 bits per heavy atom. The molecule has 1 aromatic rings. The van der Waals surface area contributed by atoms with Gasteiger partial charge in [-0.05, 0) is 41.4 Å². The number of hydrogen-bond donors (Lipinski definition) is 1. The molecular weight excluding hydrogens is 300 g/mol. The van der Waals surface area contributed by atoms with Crippen LogP contribution in [0.3, 0.4) is 0 Å². The molecule has 0 aliphatic heterocycles. The Morgan fingerprint density at radius 2 is 2.24 bits per heavy atom. The van der Waals surface area contributed by atoms with E-state index in [-0.39, 0.29) is 5.91 Å². The summed E-state index contributed by atoms with van der Waals surface area (Å²) in [4.78, 5) is 14.8. The van der Waals surface area contributed by atoms with Crippen molar-refractivity contribution in [3.8, 4) is 0 Å². The molecule has 3 nitrogen and oxygen atoms in total. The highest BCUT2D eigenvalue weighted by atomic mass is 79.9. The van der Waals surface area contributed by atoms with Crippen LogP contribution in [0, 0.1) is 0 Å². The molecule has 0 aliphatic carbocycles. The van der Waals surface area contributed by atoms with Gasteiger partial charge in [0.15, 0.2) is 0 Å². The van der Waals surface area contributed by atoms with Gasteiger partial charge in [0.05, 0.1) is 6.54 Å². The molecule has 0 radical (unpaired) electrons. The lowest BCUT2D eigenvalue weighted by Gasteiger charge is -2.16. The first-order valence-electron chi connectivity index (χ1n) is 5.80. The fraction of sp³-hybridized carbons (Fsp3) is 0.583. The first kappa shape index (κ1) is 14.7. The second-order valence-corrected chi connectivity index (χ2v) is 5.99. The lowest BCUT2D eigenvalue weighted by molar-refractivity contribution is -0.130. The maximum atomic E-state index is 11.8. The SMILES string of the molecule is CN(Cc1cc(Br)cs1)C(=O)CCCCCN. The molecule has 0 fully saturated rings. The summed E-state index contributed by atoms with van der Waals surface area (Å²) in [5, 5.41) is 2.04. The lowest BCUT2D eigenvalue weighted by atomic mass is 10.2. The fourth-order valence-electron chi connectivity index (χ4n) is 1.55. The van der Waals surface area contributed by atoms with Crippen molar-refractivity contribution >= 4 is 33.2 Å². The molecule has 0 spiro atoms. The average Bonchev–Trinajstić information content (AvgIpc) is 2.70. The van der Waals surface area contributed by atoms with Crippen molar-refractivity contribution in [1.29, 1.82) is 0 Å². The third-order valence-electron chi connectivity index (χ3n) is 2.54. The third-order valence-corrected chi connectivity index (χ3v) is 4.22. The van der Waals surface area contributed by atoms with Crippen LogP contribution in [0.15, 0.2) is 15.9 Å². The Kier molecular flexibility index (Phi) is 6.77. The van der Waals surface area contributed by atoms with Crippen LogP contribution in [0.4, 0.5) is 0 Å². The van der Waals surface area contributed by atoms with Crippen molar-refractivity contribution in [2.24, 2.45) is 5.73 Å². The van der Waals surface area contributed by atoms with Crippen LogP contribution in [0.5, 0.6) is 0 Å². The summed E-state index contributed by atoms with van der Waals surface area (Å²) in [6.07, 6.45) is 3.62. The number of thiophene rings is 1. The van der Waals surface area contributed by atoms with E-state index in [4.69, 9.17) is 5.73 Å². The van der Waals surface area contributed by atoms with E-state index >= 15 is 0 Å². The van der Waals surface area contributed by atoms with Crippen molar-refractivity contribution < 1.29 is 4.79 Å². The molecular formula is C12H19BrN2OS. The fourth-order valence-corrected chi connectivity index (χ4v) is 3.05. The van der Waals surface area contributed by atoms with Gasteiger partial charge >= 0.3 is 0 Å². The molecule has 0 aliphatic rings. The minimum Gasteiger partial charge on any atom is -0.341 e. The summed E-state index contributed by atoms with van der Waals surface area (Å²) < 4.78 is 1.08. The van der Waals surface area contributed by atoms with Crippen molar-refractivity contribution in [1.82, 2.24) is 4.90 Å². The molecule has 1 rings (SSSR count). The van der Waals surface area contributed by atoms with Gasteiger partial charge in [-0.25, -0.2) is 0 Å². The molecule has 5 heteroatoms. The molecule has 1 aromatic heterocycles. The summed E-state index contributed by atoms with van der Waals surface area (Å²) in [5.74, 6) is 0.214. The molecule has 0 bridgehead atoms. The largest absolute Gasteiger partial charge is 0.341 e. The number of carbonyl (C=O) groups excluding carboxylic acids is 1. The highest BCUT2D eigenvalue weighted by molar-refractivity contribution is 9.10. The van der Waals surface area contributed by atoms with Gasteiger partial charge in [-0.1, -0.05) is 6.42 Å². The van der Waals surface area contributed by atoms with E-state index in [1.165, 1.54) is 4.88 Å². The Labute approximate surface area is 115 Å². The zero-order valence-electron chi connectivity index (χ0n) is 10.1. The van der Waals surface area contributed by atoms with Gasteiger partial charge in [0.25, 0.3) is 0 Å². The summed E-state index contributed by atoms with van der Waals surface area (Å²) in [7, 11) is 1.86. The average molecular weight is 319 g/mol. The number of amides is 1. The first-order chi connectivity index (χ1) is 8.13. The minimum absolute atomic E-state index is 0.214. The van der Waals surface area contributed by atoms with E-state index in [0.717, 1.165) is 23.7 Å². The van der Waals surface area contributed by atoms with E-state index < -0.39 is 0 Å². The number of halogens is 1. The summed E-state index contributed by atoms with van der Waals surface area (Å²) in [6, 6.07) is 2.06. The highest BCUT2D eigenvalue weighted by Crippen LogP contribution is 2.21. The molecule has 2 N–H and O–H groups in total. The molecule has 0 unspecified atom stereocenters. The second kappa shape index (κ2) is 7.84. The Hall–Kier alpha value is -0.390. The molecule has 1 heterocycles. The summed E-state index contributed by atoms with van der Waals surface area (Å²) in [5.41, 5.74) is 5.41. The Balaban J connectivity index is 2.27. The van der Waals surface area contributed by atoms with Crippen LogP contribution in [-0.2, 0) is 11.3 Å². The molecule has 0 saturated heterocycles. The van der Waals surface area contributed by atoms with E-state index in [0.29, 0.717) is 19.5 Å². The topological polar surface area (TPSA) is 46.3 Å². The van der Waals surface area contributed by atoms with Crippen molar-refractivity contribution in [2.45, 2.75) is 32.2 Å². The second-order valence-electron chi connectivity index (χ2n) is 4.08. The van der Waals surface area contributed by atoms with Gasteiger partial charge in [-0.15, -0.1) is 11.3 Å². The molecule has 0 atom stereocenters. The van der Waals surface area contributed by atoms with E-state index in [1.807, 2.05) is 12.4 Å². The monoisotopic (exact) mass is 318 g/mol. The van der Waals surface area contributed by atoms with Crippen LogP contribution in [0.2, 0.25) is 0 Å². The van der Waals surface area contributed by atoms with Crippen LogP contribution in [-0.4, -0.2) is 24.4 Å². The number of nitrogens with zero attached hydrogens (tertiary/aromatic N) is 1. The highest BCUT2D eigenvalue weighted by Gasteiger charge is 2.09. The predicted octanol–water partition coefficient (Wildman–Crippen LogP) is 2.99. The first-order valence-corrected chi connectivity index (χ1v) is 7.47. The van der Waals surface area contributed by atoms with E-state index in [2.05, 4.69) is 22.0 Å². The van der Waals surface area contributed by atoms with Gasteiger partial charge < -0.3 is 10.6 Å². The quantitative estimate of drug-likeness (QED) is 0.785. The van der Waals surface area contributed by atoms with E-state index in [9.17, 15) is 4.79 Å². The van der Waals surface area contributed by atoms with Gasteiger partial charge in [0.2, 0.25) is 5.91 Å². The van der Waals surface area contributed by atoms with Crippen LogP contribution < -0.4 is 5.73 Å². The molecule has 0 aromatic carbocycles. The number of unbranched alkanes of at least 4 members (excludes halogenated alkanes) is 2. The van der Waals surface area contributed by atoms with Crippen molar-refractivity contribution in [3.63, 3.8) is 0 Å². The van der Waals surface area contributed by atoms with Crippen molar-refractivity contribution in [3.05, 3.63) is 20.8 Å².